The summed E-state index contributed by atoms with van der Waals surface area (Å²) in [5.74, 6) is 0. The van der Waals surface area contributed by atoms with Crippen LogP contribution < -0.4 is 5.56 Å². The first-order chi connectivity index (χ1) is 10.3. The second-order valence-corrected chi connectivity index (χ2v) is 4.75. The molecule has 1 aromatic heterocycles. The summed E-state index contributed by atoms with van der Waals surface area (Å²) in [5.41, 5.74) is 2.32. The summed E-state index contributed by atoms with van der Waals surface area (Å²) in [6.45, 7) is 1.18. The Bertz CT molecular complexity index is 684. The Kier molecular flexibility index (Phi) is 5.30. The van der Waals surface area contributed by atoms with E-state index in [-0.39, 0.29) is 12.0 Å². The zero-order valence-electron chi connectivity index (χ0n) is 12.1. The minimum atomic E-state index is -0.0889. The maximum Gasteiger partial charge on any atom is 0.255 e. The van der Waals surface area contributed by atoms with E-state index in [1.807, 2.05) is 42.5 Å². The van der Waals surface area contributed by atoms with Crippen molar-refractivity contribution in [1.82, 2.24) is 4.57 Å². The molecule has 4 heteroatoms. The SMILES string of the molecule is COCCCn1c(-c2ccccc2)ccc(CC#N)c1=O. The molecule has 0 radical (unpaired) electrons. The molecule has 0 fully saturated rings. The van der Waals surface area contributed by atoms with E-state index in [9.17, 15) is 4.79 Å². The molecule has 2 rings (SSSR count). The maximum atomic E-state index is 12.5. The zero-order valence-corrected chi connectivity index (χ0v) is 12.1. The van der Waals surface area contributed by atoms with Gasteiger partial charge in [-0.1, -0.05) is 36.4 Å². The number of methoxy groups -OCH3 is 1. The number of nitrogens with zero attached hydrogens (tertiary/aromatic N) is 2. The number of hydrogen-bond donors (Lipinski definition) is 0. The Hall–Kier alpha value is -2.38. The maximum absolute atomic E-state index is 12.5. The molecule has 108 valence electrons. The molecule has 1 aromatic carbocycles. The Labute approximate surface area is 124 Å². The van der Waals surface area contributed by atoms with Crippen LogP contribution in [0.3, 0.4) is 0 Å². The molecule has 2 aromatic rings. The fraction of sp³-hybridized carbons (Fsp3) is 0.294. The third-order valence-corrected chi connectivity index (χ3v) is 3.32. The number of pyridine rings is 1. The second kappa shape index (κ2) is 7.41. The summed E-state index contributed by atoms with van der Waals surface area (Å²) >= 11 is 0. The second-order valence-electron chi connectivity index (χ2n) is 4.75. The van der Waals surface area contributed by atoms with Gasteiger partial charge in [0.1, 0.15) is 0 Å². The summed E-state index contributed by atoms with van der Waals surface area (Å²) in [7, 11) is 1.65. The summed E-state index contributed by atoms with van der Waals surface area (Å²) in [6, 6.07) is 15.5. The Morgan fingerprint density at radius 2 is 1.95 bits per heavy atom. The first-order valence-electron chi connectivity index (χ1n) is 6.92. The van der Waals surface area contributed by atoms with Crippen molar-refractivity contribution in [2.24, 2.45) is 0 Å². The summed E-state index contributed by atoms with van der Waals surface area (Å²) < 4.78 is 6.80. The first-order valence-corrected chi connectivity index (χ1v) is 6.92. The van der Waals surface area contributed by atoms with Gasteiger partial charge in [-0.3, -0.25) is 4.79 Å². The first kappa shape index (κ1) is 15.0. The van der Waals surface area contributed by atoms with Gasteiger partial charge in [0.05, 0.1) is 18.2 Å². The number of rotatable bonds is 6. The molecule has 4 nitrogen and oxygen atoms in total. The molecule has 0 bridgehead atoms. The largest absolute Gasteiger partial charge is 0.385 e. The third kappa shape index (κ3) is 3.59. The average molecular weight is 282 g/mol. The topological polar surface area (TPSA) is 55.0 Å². The number of hydrogen-bond acceptors (Lipinski definition) is 3. The molecule has 0 unspecified atom stereocenters. The minimum absolute atomic E-state index is 0.0889. The lowest BCUT2D eigenvalue weighted by Gasteiger charge is -2.14. The average Bonchev–Trinajstić information content (AvgIpc) is 2.52. The van der Waals surface area contributed by atoms with Crippen molar-refractivity contribution in [3.8, 4) is 17.3 Å². The standard InChI is InChI=1S/C17H18N2O2/c1-21-13-5-12-19-16(14-6-3-2-4-7-14)9-8-15(10-11-18)17(19)20/h2-4,6-9H,5,10,12-13H2,1H3. The molecule has 0 aliphatic rings. The van der Waals surface area contributed by atoms with Crippen LogP contribution in [0.1, 0.15) is 12.0 Å². The van der Waals surface area contributed by atoms with Gasteiger partial charge in [-0.15, -0.1) is 0 Å². The van der Waals surface area contributed by atoms with Crippen LogP contribution in [0.2, 0.25) is 0 Å². The van der Waals surface area contributed by atoms with Crippen LogP contribution in [0.5, 0.6) is 0 Å². The van der Waals surface area contributed by atoms with E-state index in [4.69, 9.17) is 10.00 Å². The van der Waals surface area contributed by atoms with Crippen LogP contribution in [0.4, 0.5) is 0 Å². The van der Waals surface area contributed by atoms with Crippen molar-refractivity contribution in [3.05, 3.63) is 58.4 Å². The van der Waals surface area contributed by atoms with Crippen molar-refractivity contribution < 1.29 is 4.74 Å². The van der Waals surface area contributed by atoms with Gasteiger partial charge in [-0.25, -0.2) is 0 Å². The highest BCUT2D eigenvalue weighted by atomic mass is 16.5. The van der Waals surface area contributed by atoms with E-state index in [0.29, 0.717) is 18.7 Å². The van der Waals surface area contributed by atoms with Gasteiger partial charge >= 0.3 is 0 Å². The van der Waals surface area contributed by atoms with Crippen molar-refractivity contribution >= 4 is 0 Å². The minimum Gasteiger partial charge on any atom is -0.385 e. The highest BCUT2D eigenvalue weighted by molar-refractivity contribution is 5.59. The van der Waals surface area contributed by atoms with Crippen molar-refractivity contribution in [2.75, 3.05) is 13.7 Å². The molecule has 0 saturated heterocycles. The third-order valence-electron chi connectivity index (χ3n) is 3.32. The van der Waals surface area contributed by atoms with Crippen LogP contribution in [-0.4, -0.2) is 18.3 Å². The fourth-order valence-electron chi connectivity index (χ4n) is 2.29. The lowest BCUT2D eigenvalue weighted by Crippen LogP contribution is -2.25. The quantitative estimate of drug-likeness (QED) is 0.765. The fourth-order valence-corrected chi connectivity index (χ4v) is 2.29. The summed E-state index contributed by atoms with van der Waals surface area (Å²) in [4.78, 5) is 12.5. The molecular formula is C17H18N2O2. The Balaban J connectivity index is 2.47. The van der Waals surface area contributed by atoms with Crippen LogP contribution in [0.15, 0.2) is 47.3 Å². The molecule has 0 N–H and O–H groups in total. The number of ether oxygens (including phenoxy) is 1. The van der Waals surface area contributed by atoms with Crippen LogP contribution in [0.25, 0.3) is 11.3 Å². The smallest absolute Gasteiger partial charge is 0.255 e. The number of benzene rings is 1. The summed E-state index contributed by atoms with van der Waals surface area (Å²) in [5, 5.41) is 8.82. The van der Waals surface area contributed by atoms with E-state index in [0.717, 1.165) is 17.7 Å². The van der Waals surface area contributed by atoms with E-state index < -0.39 is 0 Å². The predicted octanol–water partition coefficient (Wildman–Crippen LogP) is 2.62. The van der Waals surface area contributed by atoms with Gasteiger partial charge in [0.2, 0.25) is 0 Å². The molecule has 0 atom stereocenters. The van der Waals surface area contributed by atoms with Crippen molar-refractivity contribution in [2.45, 2.75) is 19.4 Å². The normalized spacial score (nSPS) is 10.3. The molecule has 0 aliphatic heterocycles. The Morgan fingerprint density at radius 1 is 1.19 bits per heavy atom. The van der Waals surface area contributed by atoms with Gasteiger partial charge in [-0.05, 0) is 18.1 Å². The summed E-state index contributed by atoms with van der Waals surface area (Å²) in [6.07, 6.45) is 0.893. The highest BCUT2D eigenvalue weighted by Gasteiger charge is 2.10. The van der Waals surface area contributed by atoms with E-state index in [1.165, 1.54) is 0 Å². The van der Waals surface area contributed by atoms with E-state index >= 15 is 0 Å². The van der Waals surface area contributed by atoms with Crippen LogP contribution in [0, 0.1) is 11.3 Å². The Morgan fingerprint density at radius 3 is 2.62 bits per heavy atom. The molecular weight excluding hydrogens is 264 g/mol. The van der Waals surface area contributed by atoms with Gasteiger partial charge in [-0.2, -0.15) is 5.26 Å². The lowest BCUT2D eigenvalue weighted by atomic mass is 10.1. The van der Waals surface area contributed by atoms with Crippen LogP contribution >= 0.6 is 0 Å². The molecule has 1 heterocycles. The lowest BCUT2D eigenvalue weighted by molar-refractivity contribution is 0.190. The van der Waals surface area contributed by atoms with Crippen molar-refractivity contribution in [1.29, 1.82) is 5.26 Å². The zero-order chi connectivity index (χ0) is 15.1. The van der Waals surface area contributed by atoms with E-state index in [2.05, 4.69) is 0 Å². The molecule has 0 amide bonds. The number of nitriles is 1. The molecule has 0 aliphatic carbocycles. The van der Waals surface area contributed by atoms with E-state index in [1.54, 1.807) is 17.7 Å². The molecule has 0 saturated carbocycles. The molecule has 21 heavy (non-hydrogen) atoms. The van der Waals surface area contributed by atoms with Gasteiger partial charge in [0, 0.05) is 25.8 Å². The highest BCUT2D eigenvalue weighted by Crippen LogP contribution is 2.18. The number of aromatic nitrogens is 1. The van der Waals surface area contributed by atoms with Gasteiger partial charge in [0.15, 0.2) is 0 Å². The van der Waals surface area contributed by atoms with Gasteiger partial charge < -0.3 is 9.30 Å². The van der Waals surface area contributed by atoms with Crippen LogP contribution in [-0.2, 0) is 17.7 Å². The van der Waals surface area contributed by atoms with Gasteiger partial charge in [0.25, 0.3) is 5.56 Å². The van der Waals surface area contributed by atoms with Crippen molar-refractivity contribution in [3.63, 3.8) is 0 Å². The monoisotopic (exact) mass is 282 g/mol. The molecule has 0 spiro atoms. The predicted molar refractivity (Wildman–Crippen MR) is 81.9 cm³/mol.